The van der Waals surface area contributed by atoms with E-state index in [-0.39, 0.29) is 0 Å². The molecular weight excluding hydrogens is 282 g/mol. The molecule has 0 bridgehead atoms. The number of unbranched alkanes of at least 4 members (excludes halogenated alkanes) is 1. The van der Waals surface area contributed by atoms with Crippen molar-refractivity contribution in [2.75, 3.05) is 6.54 Å². The third-order valence-corrected chi connectivity index (χ3v) is 5.40. The lowest BCUT2D eigenvalue weighted by molar-refractivity contribution is 0.252. The zero-order chi connectivity index (χ0) is 12.0. The van der Waals surface area contributed by atoms with Gasteiger partial charge in [0.15, 0.2) is 0 Å². The fourth-order valence-corrected chi connectivity index (χ4v) is 3.72. The first-order valence-electron chi connectivity index (χ1n) is 6.09. The third kappa shape index (κ3) is 3.57. The van der Waals surface area contributed by atoms with Crippen LogP contribution >= 0.6 is 27.3 Å². The Morgan fingerprint density at radius 3 is 2.62 bits per heavy atom. The van der Waals surface area contributed by atoms with Crippen molar-refractivity contribution in [1.29, 1.82) is 0 Å². The number of hydrogen-bond acceptors (Lipinski definition) is 2. The van der Waals surface area contributed by atoms with E-state index in [4.69, 9.17) is 5.73 Å². The van der Waals surface area contributed by atoms with Gasteiger partial charge in [0.05, 0.1) is 0 Å². The predicted molar refractivity (Wildman–Crippen MR) is 77.0 cm³/mol. The summed E-state index contributed by atoms with van der Waals surface area (Å²) in [6.45, 7) is 5.32. The fraction of sp³-hybridized carbons (Fsp3) is 0.692. The molecule has 0 aliphatic heterocycles. The van der Waals surface area contributed by atoms with Gasteiger partial charge in [-0.1, -0.05) is 26.7 Å². The van der Waals surface area contributed by atoms with E-state index >= 15 is 0 Å². The van der Waals surface area contributed by atoms with Crippen LogP contribution in [0.15, 0.2) is 15.9 Å². The lowest BCUT2D eigenvalue weighted by Gasteiger charge is -2.31. The van der Waals surface area contributed by atoms with Crippen LogP contribution in [0.1, 0.15) is 44.4 Å². The van der Waals surface area contributed by atoms with Gasteiger partial charge in [0.2, 0.25) is 0 Å². The Labute approximate surface area is 112 Å². The Hall–Kier alpha value is 0.140. The first-order valence-corrected chi connectivity index (χ1v) is 7.76. The third-order valence-electron chi connectivity index (χ3n) is 3.47. The van der Waals surface area contributed by atoms with Gasteiger partial charge in [-0.3, -0.25) is 0 Å². The van der Waals surface area contributed by atoms with Crippen LogP contribution in [0.4, 0.5) is 0 Å². The second-order valence-electron chi connectivity index (χ2n) is 4.53. The van der Waals surface area contributed by atoms with Crippen LogP contribution in [0.25, 0.3) is 0 Å². The Bertz CT molecular complexity index is 305. The van der Waals surface area contributed by atoms with Crippen LogP contribution in [0, 0.1) is 5.41 Å². The van der Waals surface area contributed by atoms with Crippen molar-refractivity contribution in [2.45, 2.75) is 46.0 Å². The maximum atomic E-state index is 6.02. The van der Waals surface area contributed by atoms with Gasteiger partial charge in [-0.15, -0.1) is 11.3 Å². The molecule has 0 amide bonds. The van der Waals surface area contributed by atoms with E-state index in [0.717, 1.165) is 13.0 Å². The van der Waals surface area contributed by atoms with E-state index in [1.54, 1.807) is 0 Å². The van der Waals surface area contributed by atoms with Gasteiger partial charge >= 0.3 is 0 Å². The molecule has 1 aromatic heterocycles. The number of nitrogens with two attached hydrogens (primary N) is 1. The molecule has 1 unspecified atom stereocenters. The smallest absolute Gasteiger partial charge is 0.0314 e. The number of hydrogen-bond donors (Lipinski definition) is 1. The normalized spacial score (nSPS) is 15.0. The SMILES string of the molecule is CCCCC(CC)(CN)Cc1sccc1Br. The lowest BCUT2D eigenvalue weighted by Crippen LogP contribution is -2.32. The van der Waals surface area contributed by atoms with Crippen molar-refractivity contribution >= 4 is 27.3 Å². The van der Waals surface area contributed by atoms with Crippen LogP contribution in [-0.4, -0.2) is 6.54 Å². The van der Waals surface area contributed by atoms with E-state index in [1.165, 1.54) is 35.0 Å². The summed E-state index contributed by atoms with van der Waals surface area (Å²) in [6.07, 6.45) is 6.09. The molecule has 1 atom stereocenters. The van der Waals surface area contributed by atoms with E-state index in [0.29, 0.717) is 5.41 Å². The van der Waals surface area contributed by atoms with Gasteiger partial charge in [0.1, 0.15) is 0 Å². The molecule has 0 saturated heterocycles. The van der Waals surface area contributed by atoms with Crippen LogP contribution in [0.2, 0.25) is 0 Å². The molecule has 0 aromatic carbocycles. The van der Waals surface area contributed by atoms with Crippen LogP contribution < -0.4 is 5.73 Å². The van der Waals surface area contributed by atoms with Crippen molar-refractivity contribution in [3.05, 3.63) is 20.8 Å². The van der Waals surface area contributed by atoms with Crippen molar-refractivity contribution in [3.63, 3.8) is 0 Å². The van der Waals surface area contributed by atoms with Crippen molar-refractivity contribution < 1.29 is 0 Å². The van der Waals surface area contributed by atoms with E-state index in [9.17, 15) is 0 Å². The van der Waals surface area contributed by atoms with Gasteiger partial charge in [-0.05, 0) is 58.6 Å². The second-order valence-corrected chi connectivity index (χ2v) is 6.38. The molecule has 3 heteroatoms. The molecule has 0 aliphatic rings. The summed E-state index contributed by atoms with van der Waals surface area (Å²) >= 11 is 5.45. The average Bonchev–Trinajstić information content (AvgIpc) is 2.70. The minimum absolute atomic E-state index is 0.309. The summed E-state index contributed by atoms with van der Waals surface area (Å²) < 4.78 is 1.25. The van der Waals surface area contributed by atoms with Crippen LogP contribution in [0.3, 0.4) is 0 Å². The highest BCUT2D eigenvalue weighted by Gasteiger charge is 2.27. The number of thiophene rings is 1. The van der Waals surface area contributed by atoms with Gasteiger partial charge in [0.25, 0.3) is 0 Å². The number of rotatable bonds is 7. The first kappa shape index (κ1) is 14.2. The van der Waals surface area contributed by atoms with Gasteiger partial charge in [-0.2, -0.15) is 0 Å². The quantitative estimate of drug-likeness (QED) is 0.783. The second kappa shape index (κ2) is 6.77. The zero-order valence-electron chi connectivity index (χ0n) is 10.3. The predicted octanol–water partition coefficient (Wildman–Crippen LogP) is 4.60. The fourth-order valence-electron chi connectivity index (χ4n) is 2.05. The lowest BCUT2D eigenvalue weighted by atomic mass is 9.77. The van der Waals surface area contributed by atoms with Crippen molar-refractivity contribution in [2.24, 2.45) is 11.1 Å². The molecule has 1 rings (SSSR count). The summed E-state index contributed by atoms with van der Waals surface area (Å²) in [5.74, 6) is 0. The molecule has 16 heavy (non-hydrogen) atoms. The molecule has 2 N–H and O–H groups in total. The molecule has 0 radical (unpaired) electrons. The zero-order valence-corrected chi connectivity index (χ0v) is 12.7. The molecular formula is C13H22BrNS. The highest BCUT2D eigenvalue weighted by Crippen LogP contribution is 2.36. The minimum atomic E-state index is 0.309. The van der Waals surface area contributed by atoms with Gasteiger partial charge < -0.3 is 5.73 Å². The Balaban J connectivity index is 2.73. The monoisotopic (exact) mass is 303 g/mol. The maximum Gasteiger partial charge on any atom is 0.0314 e. The molecule has 0 fully saturated rings. The summed E-state index contributed by atoms with van der Waals surface area (Å²) in [5, 5.41) is 2.15. The largest absolute Gasteiger partial charge is 0.330 e. The van der Waals surface area contributed by atoms with E-state index in [2.05, 4.69) is 41.2 Å². The Morgan fingerprint density at radius 2 is 2.19 bits per heavy atom. The summed E-state index contributed by atoms with van der Waals surface area (Å²) in [4.78, 5) is 1.45. The average molecular weight is 304 g/mol. The minimum Gasteiger partial charge on any atom is -0.330 e. The Morgan fingerprint density at radius 1 is 1.44 bits per heavy atom. The summed E-state index contributed by atoms with van der Waals surface area (Å²) in [7, 11) is 0. The molecule has 0 saturated carbocycles. The molecule has 0 aliphatic carbocycles. The molecule has 1 aromatic rings. The summed E-state index contributed by atoms with van der Waals surface area (Å²) in [6, 6.07) is 2.14. The maximum absolute atomic E-state index is 6.02. The van der Waals surface area contributed by atoms with E-state index < -0.39 is 0 Å². The molecule has 1 heterocycles. The molecule has 92 valence electrons. The van der Waals surface area contributed by atoms with Gasteiger partial charge in [0, 0.05) is 9.35 Å². The Kier molecular flexibility index (Phi) is 6.01. The van der Waals surface area contributed by atoms with Crippen molar-refractivity contribution in [3.8, 4) is 0 Å². The number of halogens is 1. The van der Waals surface area contributed by atoms with Gasteiger partial charge in [-0.25, -0.2) is 0 Å². The highest BCUT2D eigenvalue weighted by atomic mass is 79.9. The van der Waals surface area contributed by atoms with E-state index in [1.807, 2.05) is 11.3 Å². The summed E-state index contributed by atoms with van der Waals surface area (Å²) in [5.41, 5.74) is 6.32. The highest BCUT2D eigenvalue weighted by molar-refractivity contribution is 9.10. The van der Waals surface area contributed by atoms with Crippen molar-refractivity contribution in [1.82, 2.24) is 0 Å². The standard InChI is InChI=1S/C13H22BrNS/c1-3-5-7-13(4-2,10-15)9-12-11(14)6-8-16-12/h6,8H,3-5,7,9-10,15H2,1-2H3. The molecule has 0 spiro atoms. The topological polar surface area (TPSA) is 26.0 Å². The van der Waals surface area contributed by atoms with Crippen LogP contribution in [-0.2, 0) is 6.42 Å². The van der Waals surface area contributed by atoms with Crippen LogP contribution in [0.5, 0.6) is 0 Å². The first-order chi connectivity index (χ1) is 7.67. The molecule has 1 nitrogen and oxygen atoms in total.